The summed E-state index contributed by atoms with van der Waals surface area (Å²) in [6.45, 7) is 1.90. The maximum Gasteiger partial charge on any atom is 0.280 e. The molecule has 0 aliphatic heterocycles. The number of methoxy groups -OCH3 is 2. The Morgan fingerprint density at radius 1 is 0.971 bits per heavy atom. The second-order valence-corrected chi connectivity index (χ2v) is 8.18. The SMILES string of the molecule is COc1ccc(C(C)NC(=O)c2ccc3ncc4c(=O)n(-c5ccccc5)[nH]c4c3c2)cc1OC. The Balaban J connectivity index is 1.49. The second kappa shape index (κ2) is 8.98. The predicted octanol–water partition coefficient (Wildman–Crippen LogP) is 4.38. The first-order chi connectivity index (χ1) is 17.0. The van der Waals surface area contributed by atoms with Gasteiger partial charge in [0.15, 0.2) is 11.5 Å². The van der Waals surface area contributed by atoms with Gasteiger partial charge in [0.05, 0.1) is 42.4 Å². The fraction of sp³-hybridized carbons (Fsp3) is 0.148. The normalized spacial score (nSPS) is 12.0. The highest BCUT2D eigenvalue weighted by atomic mass is 16.5. The number of fused-ring (bicyclic) bond motifs is 3. The number of H-pyrrole nitrogens is 1. The third kappa shape index (κ3) is 3.99. The van der Waals surface area contributed by atoms with Crippen molar-refractivity contribution < 1.29 is 14.3 Å². The van der Waals surface area contributed by atoms with Crippen molar-refractivity contribution in [3.63, 3.8) is 0 Å². The fourth-order valence-corrected chi connectivity index (χ4v) is 4.14. The van der Waals surface area contributed by atoms with Gasteiger partial charge in [-0.25, -0.2) is 4.68 Å². The molecule has 1 amide bonds. The van der Waals surface area contributed by atoms with Gasteiger partial charge in [0.2, 0.25) is 0 Å². The molecule has 0 saturated carbocycles. The van der Waals surface area contributed by atoms with Crippen LogP contribution in [0.5, 0.6) is 11.5 Å². The summed E-state index contributed by atoms with van der Waals surface area (Å²) in [6, 6.07) is 19.8. The van der Waals surface area contributed by atoms with E-state index < -0.39 is 0 Å². The third-order valence-corrected chi connectivity index (χ3v) is 6.06. The molecule has 0 bridgehead atoms. The number of rotatable bonds is 6. The molecule has 1 unspecified atom stereocenters. The van der Waals surface area contributed by atoms with Crippen molar-refractivity contribution >= 4 is 27.7 Å². The average Bonchev–Trinajstić information content (AvgIpc) is 3.25. The zero-order valence-corrected chi connectivity index (χ0v) is 19.5. The number of aromatic nitrogens is 3. The van der Waals surface area contributed by atoms with Crippen molar-refractivity contribution in [2.24, 2.45) is 0 Å². The number of aromatic amines is 1. The van der Waals surface area contributed by atoms with Gasteiger partial charge in [0.25, 0.3) is 11.5 Å². The molecule has 0 fully saturated rings. The monoisotopic (exact) mass is 468 g/mol. The number of carbonyl (C=O) groups is 1. The molecule has 1 atom stereocenters. The number of benzene rings is 3. The molecule has 0 spiro atoms. The molecular weight excluding hydrogens is 444 g/mol. The molecule has 35 heavy (non-hydrogen) atoms. The van der Waals surface area contributed by atoms with Crippen LogP contribution in [0.3, 0.4) is 0 Å². The lowest BCUT2D eigenvalue weighted by molar-refractivity contribution is 0.0940. The van der Waals surface area contributed by atoms with Crippen LogP contribution in [0.25, 0.3) is 27.5 Å². The lowest BCUT2D eigenvalue weighted by Gasteiger charge is -2.17. The lowest BCUT2D eigenvalue weighted by Crippen LogP contribution is -2.26. The molecule has 0 radical (unpaired) electrons. The van der Waals surface area contributed by atoms with Crippen LogP contribution in [0.2, 0.25) is 0 Å². The maximum atomic E-state index is 13.1. The van der Waals surface area contributed by atoms with Crippen LogP contribution in [0.4, 0.5) is 0 Å². The number of amides is 1. The third-order valence-electron chi connectivity index (χ3n) is 6.06. The first kappa shape index (κ1) is 22.2. The number of hydrogen-bond donors (Lipinski definition) is 2. The van der Waals surface area contributed by atoms with E-state index in [2.05, 4.69) is 15.4 Å². The molecule has 5 aromatic rings. The van der Waals surface area contributed by atoms with E-state index in [1.54, 1.807) is 38.6 Å². The summed E-state index contributed by atoms with van der Waals surface area (Å²) in [5.41, 5.74) is 3.18. The quantitative estimate of drug-likeness (QED) is 0.386. The van der Waals surface area contributed by atoms with E-state index in [9.17, 15) is 9.59 Å². The molecule has 2 N–H and O–H groups in total. The summed E-state index contributed by atoms with van der Waals surface area (Å²) >= 11 is 0. The van der Waals surface area contributed by atoms with Crippen molar-refractivity contribution in [2.75, 3.05) is 14.2 Å². The van der Waals surface area contributed by atoms with Gasteiger partial charge in [-0.15, -0.1) is 0 Å². The molecule has 176 valence electrons. The molecule has 8 heteroatoms. The second-order valence-electron chi connectivity index (χ2n) is 8.18. The van der Waals surface area contributed by atoms with Crippen LogP contribution in [0.15, 0.2) is 77.7 Å². The van der Waals surface area contributed by atoms with Crippen molar-refractivity contribution in [3.05, 3.63) is 94.4 Å². The topological polar surface area (TPSA) is 98.2 Å². The van der Waals surface area contributed by atoms with Gasteiger partial charge in [-0.1, -0.05) is 24.3 Å². The number of para-hydroxylation sites is 1. The first-order valence-corrected chi connectivity index (χ1v) is 11.1. The molecule has 0 saturated heterocycles. The van der Waals surface area contributed by atoms with Crippen LogP contribution < -0.4 is 20.3 Å². The van der Waals surface area contributed by atoms with Crippen molar-refractivity contribution in [1.82, 2.24) is 20.1 Å². The van der Waals surface area contributed by atoms with Crippen LogP contribution >= 0.6 is 0 Å². The number of pyridine rings is 1. The smallest absolute Gasteiger partial charge is 0.280 e. The molecule has 8 nitrogen and oxygen atoms in total. The Hall–Kier alpha value is -4.59. The molecule has 0 aliphatic carbocycles. The fourth-order valence-electron chi connectivity index (χ4n) is 4.14. The number of ether oxygens (including phenoxy) is 2. The van der Waals surface area contributed by atoms with E-state index in [4.69, 9.17) is 9.47 Å². The van der Waals surface area contributed by atoms with Crippen molar-refractivity contribution in [2.45, 2.75) is 13.0 Å². The van der Waals surface area contributed by atoms with Gasteiger partial charge in [-0.05, 0) is 55.0 Å². The summed E-state index contributed by atoms with van der Waals surface area (Å²) in [6.07, 6.45) is 1.56. The number of carbonyl (C=O) groups excluding carboxylic acids is 1. The van der Waals surface area contributed by atoms with Gasteiger partial charge in [-0.3, -0.25) is 19.7 Å². The van der Waals surface area contributed by atoms with Crippen LogP contribution in [-0.2, 0) is 0 Å². The number of nitrogens with one attached hydrogen (secondary N) is 2. The Kier molecular flexibility index (Phi) is 5.70. The van der Waals surface area contributed by atoms with Gasteiger partial charge in [0.1, 0.15) is 0 Å². The van der Waals surface area contributed by atoms with E-state index in [0.29, 0.717) is 38.9 Å². The predicted molar refractivity (Wildman–Crippen MR) is 135 cm³/mol. The van der Waals surface area contributed by atoms with Crippen molar-refractivity contribution in [3.8, 4) is 17.2 Å². The average molecular weight is 469 g/mol. The Morgan fingerprint density at radius 2 is 1.74 bits per heavy atom. The zero-order valence-electron chi connectivity index (χ0n) is 19.5. The van der Waals surface area contributed by atoms with Gasteiger partial charge in [0, 0.05) is 17.1 Å². The van der Waals surface area contributed by atoms with Crippen molar-refractivity contribution in [1.29, 1.82) is 0 Å². The summed E-state index contributed by atoms with van der Waals surface area (Å²) in [7, 11) is 3.15. The molecule has 5 rings (SSSR count). The Labute approximate surface area is 201 Å². The summed E-state index contributed by atoms with van der Waals surface area (Å²) in [4.78, 5) is 30.5. The first-order valence-electron chi connectivity index (χ1n) is 11.1. The molecule has 3 aromatic carbocycles. The zero-order chi connectivity index (χ0) is 24.5. The summed E-state index contributed by atoms with van der Waals surface area (Å²) < 4.78 is 12.1. The molecule has 0 aliphatic rings. The minimum atomic E-state index is -0.272. The van der Waals surface area contributed by atoms with Gasteiger partial charge < -0.3 is 14.8 Å². The number of hydrogen-bond acceptors (Lipinski definition) is 5. The number of nitrogens with zero attached hydrogens (tertiary/aromatic N) is 2. The standard InChI is InChI=1S/C27H24N4O4/c1-16(17-10-12-23(34-2)24(14-17)35-3)29-26(32)18-9-11-22-20(13-18)25-21(15-28-22)27(33)31(30-25)19-7-5-4-6-8-19/h4-16,30H,1-3H3,(H,29,32). The molecule has 2 heterocycles. The highest BCUT2D eigenvalue weighted by molar-refractivity contribution is 6.06. The largest absolute Gasteiger partial charge is 0.493 e. The van der Waals surface area contributed by atoms with Crippen LogP contribution in [0, 0.1) is 0 Å². The van der Waals surface area contributed by atoms with E-state index in [1.807, 2.05) is 55.5 Å². The van der Waals surface area contributed by atoms with Gasteiger partial charge >= 0.3 is 0 Å². The summed E-state index contributed by atoms with van der Waals surface area (Å²) in [5, 5.41) is 7.36. The highest BCUT2D eigenvalue weighted by Crippen LogP contribution is 2.30. The van der Waals surface area contributed by atoms with E-state index in [-0.39, 0.29) is 17.5 Å². The minimum Gasteiger partial charge on any atom is -0.493 e. The van der Waals surface area contributed by atoms with E-state index >= 15 is 0 Å². The molecule has 2 aromatic heterocycles. The van der Waals surface area contributed by atoms with E-state index in [1.165, 1.54) is 4.68 Å². The minimum absolute atomic E-state index is 0.197. The molecular formula is C27H24N4O4. The maximum absolute atomic E-state index is 13.1. The summed E-state index contributed by atoms with van der Waals surface area (Å²) in [5.74, 6) is 0.977. The van der Waals surface area contributed by atoms with Crippen LogP contribution in [0.1, 0.15) is 28.9 Å². The lowest BCUT2D eigenvalue weighted by atomic mass is 10.1. The van der Waals surface area contributed by atoms with Crippen LogP contribution in [-0.4, -0.2) is 34.9 Å². The van der Waals surface area contributed by atoms with E-state index in [0.717, 1.165) is 11.3 Å². The van der Waals surface area contributed by atoms with Gasteiger partial charge in [-0.2, -0.15) is 0 Å². The Morgan fingerprint density at radius 3 is 2.49 bits per heavy atom. The Bertz CT molecular complexity index is 1600. The highest BCUT2D eigenvalue weighted by Gasteiger charge is 2.17.